The molecule has 10 amide bonds. The molecule has 4 aromatic carbocycles. The number of nitrogens with zero attached hydrogens (tertiary/aromatic N) is 1. The van der Waals surface area contributed by atoms with Crippen LogP contribution in [0.3, 0.4) is 0 Å². The molecule has 1 aliphatic carbocycles. The van der Waals surface area contributed by atoms with Gasteiger partial charge in [-0.05, 0) is 216 Å². The van der Waals surface area contributed by atoms with E-state index in [1.807, 2.05) is 48.5 Å². The molecule has 11 N–H and O–H groups in total. The van der Waals surface area contributed by atoms with Gasteiger partial charge in [0.1, 0.15) is 83.8 Å². The number of para-hydroxylation sites is 1. The number of ether oxygens (including phenoxy) is 7. The van der Waals surface area contributed by atoms with Gasteiger partial charge < -0.3 is 91.4 Å². The van der Waals surface area contributed by atoms with Crippen LogP contribution in [0.15, 0.2) is 109 Å². The van der Waals surface area contributed by atoms with Crippen molar-refractivity contribution in [3.05, 3.63) is 132 Å². The number of benzene rings is 4. The van der Waals surface area contributed by atoms with E-state index in [1.54, 1.807) is 214 Å². The van der Waals surface area contributed by atoms with Crippen molar-refractivity contribution in [3.63, 3.8) is 0 Å². The number of esters is 2. The molecule has 0 aliphatic heterocycles. The smallest absolute Gasteiger partial charge is 0.419 e. The van der Waals surface area contributed by atoms with E-state index in [2.05, 4.69) is 53.2 Å². The first kappa shape index (κ1) is 105. The first-order valence-corrected chi connectivity index (χ1v) is 43.6. The quantitative estimate of drug-likeness (QED) is 0.0128. The van der Waals surface area contributed by atoms with Crippen LogP contribution < -0.4 is 53.2 Å². The van der Waals surface area contributed by atoms with Gasteiger partial charge in [0, 0.05) is 43.2 Å². The number of aromatic nitrogens is 1. The van der Waals surface area contributed by atoms with Crippen LogP contribution in [-0.4, -0.2) is 212 Å². The number of rotatable bonds is 41. The molecule has 1 aliphatic rings. The van der Waals surface area contributed by atoms with Crippen LogP contribution in [0.25, 0.3) is 22.0 Å². The number of carbonyl (C=O) groups is 14. The van der Waals surface area contributed by atoms with Gasteiger partial charge in [0.2, 0.25) is 53.2 Å². The summed E-state index contributed by atoms with van der Waals surface area (Å²) in [5, 5.41) is 37.1. The third-order valence-corrected chi connectivity index (χ3v) is 19.9. The van der Waals surface area contributed by atoms with Crippen molar-refractivity contribution < 1.29 is 105 Å². The van der Waals surface area contributed by atoms with E-state index in [0.29, 0.717) is 16.5 Å². The predicted molar refractivity (Wildman–Crippen MR) is 481 cm³/mol. The predicted octanol–water partition coefficient (Wildman–Crippen LogP) is 9.75. The van der Waals surface area contributed by atoms with Gasteiger partial charge in [0.25, 0.3) is 0 Å². The Morgan fingerprint density at radius 1 is 0.398 bits per heavy atom. The molecule has 33 nitrogen and oxygen atoms in total. The standard InChI is InChI=1S/C95H137N11O22/c1-53(2)47-70(87(118)119)101-78(109)55(5)96-79(110)66(43-45-73(107)126-93(17,18)19)97-80(111)67(44-46-74(108)127-94(20,21)22)98-81(112)69(49-59-50-106(89(121)128-95(23,24)25)72-42-34-33-37-60(59)72)99-83(114)71(52-123-90(8,9)10)102-85(116)76(56(6)124-91(11,12)13)104-82(113)68(48-58-35-27-26-28-36-58)100-84(115)75(54(3)4)103-86(117)77(57(7)125-92(14,15)16)105-88(120)122-51-65-63-40-31-29-38-61(63)62-39-30-32-41-64(62)65/h26-42,50,53-57,65-71,75-77H,43-49,51-52H2,1-25H3,(H,96,110)(H,97,111)(H,98,112)(H,99,114)(H,100,115)(H,101,109)(H,102,116)(H,103,117)(H,104,113)(H,105,120)(H,118,119)/t55-,56+,57+,66-,67-,68-,69-,70-,71-,75-,76-,77-/m0/s1. The fraction of sp³-hybridized carbons (Fsp3) is 0.579. The van der Waals surface area contributed by atoms with Gasteiger partial charge >= 0.3 is 30.1 Å². The fourth-order valence-electron chi connectivity index (χ4n) is 14.3. The van der Waals surface area contributed by atoms with Crippen LogP contribution in [0.5, 0.6) is 0 Å². The maximum atomic E-state index is 15.8. The minimum absolute atomic E-state index is 0.0354. The molecule has 0 unspecified atom stereocenters. The highest BCUT2D eigenvalue weighted by atomic mass is 16.6. The maximum absolute atomic E-state index is 15.8. The molecular formula is C95H137N11O22. The minimum Gasteiger partial charge on any atom is -0.480 e. The molecule has 704 valence electrons. The summed E-state index contributed by atoms with van der Waals surface area (Å²) in [7, 11) is 0. The Labute approximate surface area is 751 Å². The number of hydrogen-bond donors (Lipinski definition) is 11. The number of aliphatic carboxylic acids is 1. The van der Waals surface area contributed by atoms with Crippen LogP contribution >= 0.6 is 0 Å². The largest absolute Gasteiger partial charge is 0.480 e. The van der Waals surface area contributed by atoms with Crippen LogP contribution in [0, 0.1) is 11.8 Å². The van der Waals surface area contributed by atoms with Crippen molar-refractivity contribution in [1.29, 1.82) is 0 Å². The first-order valence-electron chi connectivity index (χ1n) is 43.6. The van der Waals surface area contributed by atoms with Gasteiger partial charge in [-0.2, -0.15) is 0 Å². The minimum atomic E-state index is -1.84. The number of carboxylic acid groups (broad SMARTS) is 1. The number of carboxylic acids is 1. The summed E-state index contributed by atoms with van der Waals surface area (Å²) in [5.74, 6) is -13.1. The average Bonchev–Trinajstić information content (AvgIpc) is 1.62. The molecule has 1 aromatic heterocycles. The van der Waals surface area contributed by atoms with E-state index in [9.17, 15) is 43.5 Å². The summed E-state index contributed by atoms with van der Waals surface area (Å²) in [5.41, 5.74) is -0.954. The second kappa shape index (κ2) is 45.6. The Morgan fingerprint density at radius 2 is 0.805 bits per heavy atom. The lowest BCUT2D eigenvalue weighted by atomic mass is 9.98. The van der Waals surface area contributed by atoms with Gasteiger partial charge in [0.05, 0.1) is 41.1 Å². The highest BCUT2D eigenvalue weighted by molar-refractivity contribution is 6.00. The normalized spacial score (nSPS) is 15.3. The van der Waals surface area contributed by atoms with Gasteiger partial charge in [0.15, 0.2) is 0 Å². The Hall–Kier alpha value is -11.3. The number of nitrogens with one attached hydrogen (secondary N) is 10. The zero-order chi connectivity index (χ0) is 96.1. The SMILES string of the molecule is CC(C)C[C@H](NC(=O)[C@H](C)NC(=O)[C@H](CCC(=O)OC(C)(C)C)NC(=O)[C@H](CCC(=O)OC(C)(C)C)NC(=O)[C@H](Cc1cn(C(=O)OC(C)(C)C)c2ccccc12)NC(=O)[C@H](COC(C)(C)C)NC(=O)[C@@H](NC(=O)[C@H](Cc1ccccc1)NC(=O)[C@@H](NC(=O)[C@@H](NC(=O)OCC1c2ccccc2-c2ccccc21)[C@@H](C)OC(C)(C)C)C(C)C)[C@@H](C)OC(C)(C)C)C(=O)O. The molecular weight excluding hydrogens is 1650 g/mol. The third-order valence-electron chi connectivity index (χ3n) is 19.9. The number of alkyl carbamates (subject to hydrolysis) is 1. The lowest BCUT2D eigenvalue weighted by molar-refractivity contribution is -0.156. The number of fused-ring (bicyclic) bond motifs is 4. The molecule has 5 aromatic rings. The molecule has 1 heterocycles. The third kappa shape index (κ3) is 34.4. The van der Waals surface area contributed by atoms with Crippen LogP contribution in [0.1, 0.15) is 233 Å². The Bertz CT molecular complexity index is 4670. The average molecular weight is 1790 g/mol. The zero-order valence-corrected chi connectivity index (χ0v) is 78.9. The van der Waals surface area contributed by atoms with Crippen molar-refractivity contribution in [3.8, 4) is 11.1 Å². The zero-order valence-electron chi connectivity index (χ0n) is 78.9. The molecule has 12 atom stereocenters. The van der Waals surface area contributed by atoms with Crippen molar-refractivity contribution in [2.45, 2.75) is 330 Å². The number of carbonyl (C=O) groups excluding carboxylic acids is 13. The van der Waals surface area contributed by atoms with E-state index in [-0.39, 0.29) is 36.8 Å². The molecule has 0 spiro atoms. The molecule has 0 radical (unpaired) electrons. The van der Waals surface area contributed by atoms with Crippen molar-refractivity contribution >= 4 is 94.2 Å². The second-order valence-electron chi connectivity index (χ2n) is 39.2. The second-order valence-corrected chi connectivity index (χ2v) is 39.2. The van der Waals surface area contributed by atoms with Gasteiger partial charge in [-0.15, -0.1) is 0 Å². The molecule has 0 saturated heterocycles. The van der Waals surface area contributed by atoms with E-state index in [1.165, 1.54) is 24.6 Å². The number of hydrogen-bond acceptors (Lipinski definition) is 21. The van der Waals surface area contributed by atoms with Crippen molar-refractivity contribution in [2.24, 2.45) is 11.8 Å². The van der Waals surface area contributed by atoms with E-state index in [0.717, 1.165) is 22.3 Å². The van der Waals surface area contributed by atoms with Crippen molar-refractivity contribution in [2.75, 3.05) is 13.2 Å². The first-order chi connectivity index (χ1) is 59.3. The highest BCUT2D eigenvalue weighted by Crippen LogP contribution is 2.45. The van der Waals surface area contributed by atoms with Gasteiger partial charge in [-0.25, -0.2) is 14.4 Å². The molecule has 6 rings (SSSR count). The van der Waals surface area contributed by atoms with Crippen molar-refractivity contribution in [1.82, 2.24) is 57.7 Å². The molecule has 0 saturated carbocycles. The summed E-state index contributed by atoms with van der Waals surface area (Å²) in [6.45, 7) is 40.5. The Balaban J connectivity index is 1.40. The van der Waals surface area contributed by atoms with Gasteiger partial charge in [-0.3, -0.25) is 57.3 Å². The monoisotopic (exact) mass is 1780 g/mol. The van der Waals surface area contributed by atoms with Gasteiger partial charge in [-0.1, -0.05) is 125 Å². The highest BCUT2D eigenvalue weighted by Gasteiger charge is 2.42. The summed E-state index contributed by atoms with van der Waals surface area (Å²) >= 11 is 0. The van der Waals surface area contributed by atoms with E-state index in [4.69, 9.17) is 33.2 Å². The summed E-state index contributed by atoms with van der Waals surface area (Å²) < 4.78 is 43.0. The van der Waals surface area contributed by atoms with Crippen LogP contribution in [0.4, 0.5) is 9.59 Å². The molecule has 128 heavy (non-hydrogen) atoms. The summed E-state index contributed by atoms with van der Waals surface area (Å²) in [6, 6.07) is 14.7. The lowest BCUT2D eigenvalue weighted by Gasteiger charge is -2.34. The topological polar surface area (TPSA) is 449 Å². The summed E-state index contributed by atoms with van der Waals surface area (Å²) in [6.07, 6.45) is -5.42. The fourth-order valence-corrected chi connectivity index (χ4v) is 14.3. The molecule has 33 heteroatoms. The van der Waals surface area contributed by atoms with E-state index >= 15 is 28.8 Å². The Kier molecular flexibility index (Phi) is 37.6. The maximum Gasteiger partial charge on any atom is 0.419 e. The molecule has 0 fully saturated rings. The van der Waals surface area contributed by atoms with Crippen LogP contribution in [-0.2, 0) is 104 Å². The Morgan fingerprint density at radius 3 is 1.30 bits per heavy atom. The van der Waals surface area contributed by atoms with Crippen LogP contribution in [0.2, 0.25) is 0 Å². The van der Waals surface area contributed by atoms with E-state index < -0.39 is 234 Å². The lowest BCUT2D eigenvalue weighted by Crippen LogP contribution is -2.64. The number of amides is 10. The summed E-state index contributed by atoms with van der Waals surface area (Å²) in [4.78, 5) is 203. The molecule has 0 bridgehead atoms.